The fraction of sp³-hybridized carbons (Fsp3) is 0.885. The second-order valence-corrected chi connectivity index (χ2v) is 8.99. The number of nitrogens with zero attached hydrogens (tertiary/aromatic N) is 2. The molecule has 0 spiro atoms. The van der Waals surface area contributed by atoms with Gasteiger partial charge in [0, 0.05) is 24.4 Å². The quantitative estimate of drug-likeness (QED) is 0.215. The van der Waals surface area contributed by atoms with Gasteiger partial charge in [-0.3, -0.25) is 0 Å². The Morgan fingerprint density at radius 2 is 1.21 bits per heavy atom. The van der Waals surface area contributed by atoms with Crippen LogP contribution in [0.2, 0.25) is 0 Å². The first-order valence-electron chi connectivity index (χ1n) is 12.8. The van der Waals surface area contributed by atoms with Crippen molar-refractivity contribution in [3.8, 4) is 0 Å². The Morgan fingerprint density at radius 1 is 0.679 bits per heavy atom. The average molecular weight is 391 g/mol. The second-order valence-electron chi connectivity index (χ2n) is 8.99. The van der Waals surface area contributed by atoms with Crippen molar-refractivity contribution in [2.24, 2.45) is 0 Å². The van der Waals surface area contributed by atoms with Gasteiger partial charge in [-0.1, -0.05) is 111 Å². The summed E-state index contributed by atoms with van der Waals surface area (Å²) in [5.74, 6) is 2.02. The van der Waals surface area contributed by atoms with Crippen molar-refractivity contribution in [1.82, 2.24) is 9.55 Å². The van der Waals surface area contributed by atoms with Crippen LogP contribution in [0.15, 0.2) is 12.4 Å². The molecule has 164 valence electrons. The maximum absolute atomic E-state index is 4.81. The summed E-state index contributed by atoms with van der Waals surface area (Å²) in [7, 11) is 0. The molecule has 0 aliphatic rings. The maximum atomic E-state index is 4.81. The molecule has 28 heavy (non-hydrogen) atoms. The Bertz CT molecular complexity index is 451. The molecule has 0 amide bonds. The summed E-state index contributed by atoms with van der Waals surface area (Å²) in [5.41, 5.74) is 0. The van der Waals surface area contributed by atoms with Gasteiger partial charge in [0.25, 0.3) is 0 Å². The fourth-order valence-electron chi connectivity index (χ4n) is 4.47. The highest BCUT2D eigenvalue weighted by Gasteiger charge is 2.18. The van der Waals surface area contributed by atoms with Gasteiger partial charge >= 0.3 is 0 Å². The first-order chi connectivity index (χ1) is 13.7. The molecule has 0 aliphatic carbocycles. The van der Waals surface area contributed by atoms with Crippen LogP contribution in [0, 0.1) is 0 Å². The van der Waals surface area contributed by atoms with E-state index in [0.717, 1.165) is 0 Å². The minimum Gasteiger partial charge on any atom is -0.332 e. The zero-order chi connectivity index (χ0) is 20.5. The van der Waals surface area contributed by atoms with E-state index >= 15 is 0 Å². The molecule has 1 aromatic heterocycles. The van der Waals surface area contributed by atoms with Crippen molar-refractivity contribution in [2.75, 3.05) is 0 Å². The molecule has 1 heterocycles. The van der Waals surface area contributed by atoms with E-state index in [-0.39, 0.29) is 0 Å². The van der Waals surface area contributed by atoms with Crippen LogP contribution in [0.1, 0.15) is 155 Å². The molecule has 0 aromatic carbocycles. The third-order valence-electron chi connectivity index (χ3n) is 6.31. The topological polar surface area (TPSA) is 17.8 Å². The lowest BCUT2D eigenvalue weighted by molar-refractivity contribution is 0.422. The summed E-state index contributed by atoms with van der Waals surface area (Å²) in [6.07, 6.45) is 27.6. The summed E-state index contributed by atoms with van der Waals surface area (Å²) in [6, 6.07) is 0.594. The van der Waals surface area contributed by atoms with Crippen LogP contribution < -0.4 is 0 Å². The summed E-state index contributed by atoms with van der Waals surface area (Å²) in [5, 5.41) is 0. The highest BCUT2D eigenvalue weighted by Crippen LogP contribution is 2.29. The van der Waals surface area contributed by atoms with Crippen molar-refractivity contribution >= 4 is 0 Å². The molecule has 0 saturated heterocycles. The molecule has 2 nitrogen and oxygen atoms in total. The molecule has 0 saturated carbocycles. The number of hydrogen-bond donors (Lipinski definition) is 0. The molecule has 2 unspecified atom stereocenters. The van der Waals surface area contributed by atoms with Crippen LogP contribution >= 0.6 is 0 Å². The summed E-state index contributed by atoms with van der Waals surface area (Å²) in [6.45, 7) is 9.29. The van der Waals surface area contributed by atoms with Crippen molar-refractivity contribution in [2.45, 2.75) is 149 Å². The molecular weight excluding hydrogens is 340 g/mol. The van der Waals surface area contributed by atoms with Crippen LogP contribution in [-0.2, 0) is 0 Å². The van der Waals surface area contributed by atoms with E-state index in [1.807, 2.05) is 6.20 Å². The van der Waals surface area contributed by atoms with Crippen molar-refractivity contribution in [3.63, 3.8) is 0 Å². The smallest absolute Gasteiger partial charge is 0.111 e. The molecule has 1 rings (SSSR count). The van der Waals surface area contributed by atoms with Crippen molar-refractivity contribution in [1.29, 1.82) is 0 Å². The van der Waals surface area contributed by atoms with E-state index in [4.69, 9.17) is 4.98 Å². The number of aromatic nitrogens is 2. The lowest BCUT2D eigenvalue weighted by Gasteiger charge is -2.22. The standard InChI is InChI=1S/C26H50N2/c1-5-8-10-11-12-13-14-15-16-18-21-25(19-7-3)26-27-22-23-28(26)24(4)20-17-9-6-2/h22-25H,5-21H2,1-4H3. The van der Waals surface area contributed by atoms with E-state index in [9.17, 15) is 0 Å². The van der Waals surface area contributed by atoms with Gasteiger partial charge < -0.3 is 4.57 Å². The molecule has 2 heteroatoms. The van der Waals surface area contributed by atoms with E-state index in [2.05, 4.69) is 38.5 Å². The minimum absolute atomic E-state index is 0.594. The Kier molecular flexibility index (Phi) is 15.4. The normalized spacial score (nSPS) is 13.7. The fourth-order valence-corrected chi connectivity index (χ4v) is 4.47. The molecule has 0 bridgehead atoms. The number of rotatable bonds is 19. The lowest BCUT2D eigenvalue weighted by Crippen LogP contribution is -2.13. The van der Waals surface area contributed by atoms with Crippen LogP contribution in [-0.4, -0.2) is 9.55 Å². The molecule has 0 fully saturated rings. The average Bonchev–Trinajstić information content (AvgIpc) is 3.18. The summed E-state index contributed by atoms with van der Waals surface area (Å²) < 4.78 is 2.49. The third kappa shape index (κ3) is 10.7. The lowest BCUT2D eigenvalue weighted by atomic mass is 9.94. The van der Waals surface area contributed by atoms with Gasteiger partial charge in [0.1, 0.15) is 5.82 Å². The Hall–Kier alpha value is -0.790. The second kappa shape index (κ2) is 17.1. The number of unbranched alkanes of at least 4 members (excludes halogenated alkanes) is 11. The first kappa shape index (κ1) is 25.2. The highest BCUT2D eigenvalue weighted by molar-refractivity contribution is 5.02. The Balaban J connectivity index is 2.32. The van der Waals surface area contributed by atoms with Gasteiger partial charge in [-0.05, 0) is 26.2 Å². The minimum atomic E-state index is 0.594. The molecule has 0 aliphatic heterocycles. The maximum Gasteiger partial charge on any atom is 0.111 e. The van der Waals surface area contributed by atoms with Crippen LogP contribution in [0.25, 0.3) is 0 Å². The molecule has 1 aromatic rings. The van der Waals surface area contributed by atoms with Gasteiger partial charge in [0.15, 0.2) is 0 Å². The highest BCUT2D eigenvalue weighted by atomic mass is 15.1. The van der Waals surface area contributed by atoms with Gasteiger partial charge in [-0.2, -0.15) is 0 Å². The molecular formula is C26H50N2. The predicted octanol–water partition coefficient (Wildman–Crippen LogP) is 9.22. The SMILES string of the molecule is CCCCCCCCCCCCC(CCC)c1nccn1C(C)CCCCC. The van der Waals surface area contributed by atoms with Crippen LogP contribution in [0.3, 0.4) is 0 Å². The monoisotopic (exact) mass is 390 g/mol. The Morgan fingerprint density at radius 3 is 1.82 bits per heavy atom. The summed E-state index contributed by atoms with van der Waals surface area (Å²) >= 11 is 0. The van der Waals surface area contributed by atoms with Gasteiger partial charge in [0.05, 0.1) is 0 Å². The largest absolute Gasteiger partial charge is 0.332 e. The summed E-state index contributed by atoms with van der Waals surface area (Å²) in [4.78, 5) is 4.81. The van der Waals surface area contributed by atoms with Gasteiger partial charge in [0.2, 0.25) is 0 Å². The van der Waals surface area contributed by atoms with Crippen molar-refractivity contribution in [3.05, 3.63) is 18.2 Å². The van der Waals surface area contributed by atoms with Crippen LogP contribution in [0.5, 0.6) is 0 Å². The van der Waals surface area contributed by atoms with Gasteiger partial charge in [-0.25, -0.2) is 4.98 Å². The zero-order valence-electron chi connectivity index (χ0n) is 19.7. The molecule has 0 radical (unpaired) electrons. The third-order valence-corrected chi connectivity index (χ3v) is 6.31. The first-order valence-corrected chi connectivity index (χ1v) is 12.8. The van der Waals surface area contributed by atoms with E-state index in [0.29, 0.717) is 12.0 Å². The number of imidazole rings is 1. The van der Waals surface area contributed by atoms with E-state index < -0.39 is 0 Å². The van der Waals surface area contributed by atoms with E-state index in [1.165, 1.54) is 115 Å². The zero-order valence-corrected chi connectivity index (χ0v) is 19.7. The van der Waals surface area contributed by atoms with E-state index in [1.54, 1.807) is 0 Å². The Labute approximate surface area is 176 Å². The molecule has 0 N–H and O–H groups in total. The van der Waals surface area contributed by atoms with Crippen LogP contribution in [0.4, 0.5) is 0 Å². The number of hydrogen-bond acceptors (Lipinski definition) is 1. The van der Waals surface area contributed by atoms with Gasteiger partial charge in [-0.15, -0.1) is 0 Å². The predicted molar refractivity (Wildman–Crippen MR) is 125 cm³/mol. The van der Waals surface area contributed by atoms with Crippen molar-refractivity contribution < 1.29 is 0 Å². The molecule has 2 atom stereocenters.